The minimum Gasteiger partial charge on any atom is -0.480 e. The van der Waals surface area contributed by atoms with Crippen LogP contribution in [-0.4, -0.2) is 35.5 Å². The van der Waals surface area contributed by atoms with Crippen LogP contribution in [0, 0.1) is 5.92 Å². The van der Waals surface area contributed by atoms with Gasteiger partial charge in [0.1, 0.15) is 6.04 Å². The Bertz CT molecular complexity index is 514. The first-order valence-corrected chi connectivity index (χ1v) is 7.21. The first-order valence-electron chi connectivity index (χ1n) is 7.21. The standard InChI is InChI=1S/C16H22N2O4/c1-11(2)8-13(16(21)22)18-15(20)10-17-14(19)9-12-6-4-3-5-7-12/h3-7,11,13H,8-10H2,1-2H3,(H,17,19)(H,18,20)(H,21,22). The van der Waals surface area contributed by atoms with Gasteiger partial charge in [-0.25, -0.2) is 4.79 Å². The van der Waals surface area contributed by atoms with E-state index in [0.717, 1.165) is 5.56 Å². The van der Waals surface area contributed by atoms with Crippen LogP contribution in [0.15, 0.2) is 30.3 Å². The van der Waals surface area contributed by atoms with E-state index in [9.17, 15) is 14.4 Å². The second kappa shape index (κ2) is 8.81. The maximum Gasteiger partial charge on any atom is 0.326 e. The van der Waals surface area contributed by atoms with Crippen LogP contribution < -0.4 is 10.6 Å². The predicted octanol–water partition coefficient (Wildman–Crippen LogP) is 0.961. The highest BCUT2D eigenvalue weighted by molar-refractivity contribution is 5.88. The molecular formula is C16H22N2O4. The lowest BCUT2D eigenvalue weighted by Crippen LogP contribution is -2.46. The first-order chi connectivity index (χ1) is 10.4. The SMILES string of the molecule is CC(C)CC(NC(=O)CNC(=O)Cc1ccccc1)C(=O)O. The Morgan fingerprint density at radius 2 is 1.73 bits per heavy atom. The Morgan fingerprint density at radius 1 is 1.09 bits per heavy atom. The number of hydrogen-bond donors (Lipinski definition) is 3. The molecule has 0 heterocycles. The zero-order valence-corrected chi connectivity index (χ0v) is 12.8. The summed E-state index contributed by atoms with van der Waals surface area (Å²) in [5, 5.41) is 13.9. The Labute approximate surface area is 129 Å². The molecule has 1 unspecified atom stereocenters. The average molecular weight is 306 g/mol. The lowest BCUT2D eigenvalue weighted by atomic mass is 10.0. The monoisotopic (exact) mass is 306 g/mol. The quantitative estimate of drug-likeness (QED) is 0.666. The largest absolute Gasteiger partial charge is 0.480 e. The van der Waals surface area contributed by atoms with Crippen molar-refractivity contribution in [3.8, 4) is 0 Å². The lowest BCUT2D eigenvalue weighted by Gasteiger charge is -2.16. The smallest absolute Gasteiger partial charge is 0.326 e. The maximum atomic E-state index is 11.7. The molecule has 3 N–H and O–H groups in total. The van der Waals surface area contributed by atoms with Crippen LogP contribution in [0.1, 0.15) is 25.8 Å². The van der Waals surface area contributed by atoms with Crippen molar-refractivity contribution in [1.29, 1.82) is 0 Å². The molecule has 22 heavy (non-hydrogen) atoms. The fourth-order valence-corrected chi connectivity index (χ4v) is 1.96. The molecule has 1 rings (SSSR count). The number of amides is 2. The van der Waals surface area contributed by atoms with Crippen molar-refractivity contribution >= 4 is 17.8 Å². The van der Waals surface area contributed by atoms with Crippen LogP contribution in [0.2, 0.25) is 0 Å². The van der Waals surface area contributed by atoms with Crippen LogP contribution in [0.5, 0.6) is 0 Å². The molecule has 0 fully saturated rings. The summed E-state index contributed by atoms with van der Waals surface area (Å²) in [6.07, 6.45) is 0.529. The third-order valence-corrected chi connectivity index (χ3v) is 2.99. The summed E-state index contributed by atoms with van der Waals surface area (Å²) < 4.78 is 0. The number of nitrogens with one attached hydrogen (secondary N) is 2. The fraction of sp³-hybridized carbons (Fsp3) is 0.438. The Hall–Kier alpha value is -2.37. The van der Waals surface area contributed by atoms with Gasteiger partial charge in [0.25, 0.3) is 0 Å². The molecule has 1 aromatic carbocycles. The predicted molar refractivity (Wildman–Crippen MR) is 82.2 cm³/mol. The summed E-state index contributed by atoms with van der Waals surface area (Å²) in [4.78, 5) is 34.5. The van der Waals surface area contributed by atoms with E-state index in [1.54, 1.807) is 0 Å². The van der Waals surface area contributed by atoms with Crippen molar-refractivity contribution in [1.82, 2.24) is 10.6 Å². The number of benzene rings is 1. The number of carbonyl (C=O) groups excluding carboxylic acids is 2. The lowest BCUT2D eigenvalue weighted by molar-refractivity contribution is -0.142. The Morgan fingerprint density at radius 3 is 2.27 bits per heavy atom. The molecule has 0 saturated carbocycles. The van der Waals surface area contributed by atoms with Gasteiger partial charge in [-0.05, 0) is 17.9 Å². The molecule has 0 spiro atoms. The van der Waals surface area contributed by atoms with Crippen LogP contribution >= 0.6 is 0 Å². The Kier molecular flexibility index (Phi) is 7.08. The number of carboxylic acid groups (broad SMARTS) is 1. The molecule has 0 aromatic heterocycles. The molecular weight excluding hydrogens is 284 g/mol. The molecule has 0 aliphatic carbocycles. The topological polar surface area (TPSA) is 95.5 Å². The van der Waals surface area contributed by atoms with Crippen molar-refractivity contribution in [2.45, 2.75) is 32.7 Å². The van der Waals surface area contributed by atoms with Crippen LogP contribution in [0.25, 0.3) is 0 Å². The van der Waals surface area contributed by atoms with Crippen molar-refractivity contribution in [3.63, 3.8) is 0 Å². The van der Waals surface area contributed by atoms with Gasteiger partial charge in [-0.3, -0.25) is 9.59 Å². The minimum atomic E-state index is -1.07. The molecule has 0 aliphatic rings. The number of aliphatic carboxylic acids is 1. The van der Waals surface area contributed by atoms with Gasteiger partial charge in [0.05, 0.1) is 13.0 Å². The zero-order chi connectivity index (χ0) is 16.5. The van der Waals surface area contributed by atoms with Gasteiger partial charge in [-0.15, -0.1) is 0 Å². The molecule has 0 saturated heterocycles. The number of rotatable bonds is 8. The van der Waals surface area contributed by atoms with Crippen molar-refractivity contribution in [3.05, 3.63) is 35.9 Å². The zero-order valence-electron chi connectivity index (χ0n) is 12.8. The summed E-state index contributed by atoms with van der Waals surface area (Å²) >= 11 is 0. The number of hydrogen-bond acceptors (Lipinski definition) is 3. The molecule has 0 aliphatic heterocycles. The Balaban J connectivity index is 2.38. The molecule has 6 heteroatoms. The van der Waals surface area contributed by atoms with Gasteiger partial charge in [0.15, 0.2) is 0 Å². The minimum absolute atomic E-state index is 0.147. The van der Waals surface area contributed by atoms with E-state index < -0.39 is 17.9 Å². The van der Waals surface area contributed by atoms with E-state index in [2.05, 4.69) is 10.6 Å². The van der Waals surface area contributed by atoms with E-state index in [0.29, 0.717) is 6.42 Å². The molecule has 0 radical (unpaired) electrons. The van der Waals surface area contributed by atoms with Gasteiger partial charge in [-0.2, -0.15) is 0 Å². The third kappa shape index (κ3) is 6.88. The second-order valence-corrected chi connectivity index (χ2v) is 5.53. The van der Waals surface area contributed by atoms with E-state index in [1.807, 2.05) is 44.2 Å². The number of carboxylic acids is 1. The molecule has 1 atom stereocenters. The number of carbonyl (C=O) groups is 3. The van der Waals surface area contributed by atoms with E-state index in [4.69, 9.17) is 5.11 Å². The highest BCUT2D eigenvalue weighted by atomic mass is 16.4. The van der Waals surface area contributed by atoms with Crippen molar-refractivity contribution in [2.24, 2.45) is 5.92 Å². The van der Waals surface area contributed by atoms with Gasteiger partial charge >= 0.3 is 5.97 Å². The van der Waals surface area contributed by atoms with Gasteiger partial charge in [0, 0.05) is 0 Å². The van der Waals surface area contributed by atoms with Gasteiger partial charge < -0.3 is 15.7 Å². The fourth-order valence-electron chi connectivity index (χ4n) is 1.96. The molecule has 2 amide bonds. The summed E-state index contributed by atoms with van der Waals surface area (Å²) in [7, 11) is 0. The summed E-state index contributed by atoms with van der Waals surface area (Å²) in [6.45, 7) is 3.53. The molecule has 0 bridgehead atoms. The summed E-state index contributed by atoms with van der Waals surface area (Å²) in [5.74, 6) is -1.71. The molecule has 6 nitrogen and oxygen atoms in total. The van der Waals surface area contributed by atoms with Crippen LogP contribution in [0.4, 0.5) is 0 Å². The van der Waals surface area contributed by atoms with E-state index >= 15 is 0 Å². The highest BCUT2D eigenvalue weighted by Gasteiger charge is 2.21. The highest BCUT2D eigenvalue weighted by Crippen LogP contribution is 2.04. The normalized spacial score (nSPS) is 11.8. The van der Waals surface area contributed by atoms with E-state index in [-0.39, 0.29) is 24.8 Å². The second-order valence-electron chi connectivity index (χ2n) is 5.53. The summed E-state index contributed by atoms with van der Waals surface area (Å²) in [5.41, 5.74) is 0.851. The van der Waals surface area contributed by atoms with Gasteiger partial charge in [-0.1, -0.05) is 44.2 Å². The van der Waals surface area contributed by atoms with Gasteiger partial charge in [0.2, 0.25) is 11.8 Å². The maximum absolute atomic E-state index is 11.7. The van der Waals surface area contributed by atoms with Crippen LogP contribution in [-0.2, 0) is 20.8 Å². The first kappa shape index (κ1) is 17.7. The third-order valence-electron chi connectivity index (χ3n) is 2.99. The van der Waals surface area contributed by atoms with Crippen molar-refractivity contribution in [2.75, 3.05) is 6.54 Å². The van der Waals surface area contributed by atoms with E-state index in [1.165, 1.54) is 0 Å². The molecule has 1 aromatic rings. The average Bonchev–Trinajstić information content (AvgIpc) is 2.45. The van der Waals surface area contributed by atoms with Crippen LogP contribution in [0.3, 0.4) is 0 Å². The summed E-state index contributed by atoms with van der Waals surface area (Å²) in [6, 6.07) is 8.23. The van der Waals surface area contributed by atoms with Crippen molar-refractivity contribution < 1.29 is 19.5 Å². The molecule has 120 valence electrons.